The van der Waals surface area contributed by atoms with E-state index < -0.39 is 38.6 Å². The second kappa shape index (κ2) is 7.33. The SMILES string of the molecule is C[C@@H](OC[C@@H]1CCCO1)C(=O)NS(=O)(=O)c1cc(F)ccc1F. The molecule has 9 heteroatoms. The van der Waals surface area contributed by atoms with Gasteiger partial charge in [0.05, 0.1) is 12.7 Å². The summed E-state index contributed by atoms with van der Waals surface area (Å²) in [6, 6.07) is 1.96. The van der Waals surface area contributed by atoms with E-state index in [4.69, 9.17) is 9.47 Å². The average Bonchev–Trinajstić information content (AvgIpc) is 3.00. The first-order chi connectivity index (χ1) is 10.8. The molecule has 1 aliphatic heterocycles. The standard InChI is InChI=1S/C14H17F2NO5S/c1-9(22-8-11-3-2-6-21-11)14(18)17-23(19,20)13-7-10(15)4-5-12(13)16/h4-5,7,9,11H,2-3,6,8H2,1H3,(H,17,18)/t9-,11+/m1/s1. The van der Waals surface area contributed by atoms with E-state index >= 15 is 0 Å². The molecule has 0 aromatic heterocycles. The Bertz CT molecular complexity index is 674. The maximum absolute atomic E-state index is 13.5. The molecule has 0 spiro atoms. The van der Waals surface area contributed by atoms with E-state index in [1.807, 2.05) is 0 Å². The Morgan fingerprint density at radius 2 is 2.22 bits per heavy atom. The molecule has 1 saturated heterocycles. The Kier molecular flexibility index (Phi) is 5.66. The zero-order valence-corrected chi connectivity index (χ0v) is 13.2. The summed E-state index contributed by atoms with van der Waals surface area (Å²) in [4.78, 5) is 10.9. The molecule has 6 nitrogen and oxygen atoms in total. The number of carbonyl (C=O) groups excluding carboxylic acids is 1. The van der Waals surface area contributed by atoms with Gasteiger partial charge in [-0.3, -0.25) is 4.79 Å². The Balaban J connectivity index is 1.98. The van der Waals surface area contributed by atoms with Crippen LogP contribution in [0.1, 0.15) is 19.8 Å². The van der Waals surface area contributed by atoms with E-state index in [0.29, 0.717) is 18.7 Å². The van der Waals surface area contributed by atoms with Crippen LogP contribution < -0.4 is 4.72 Å². The summed E-state index contributed by atoms with van der Waals surface area (Å²) in [5, 5.41) is 0. The van der Waals surface area contributed by atoms with Crippen molar-refractivity contribution in [1.29, 1.82) is 0 Å². The lowest BCUT2D eigenvalue weighted by molar-refractivity contribution is -0.131. The van der Waals surface area contributed by atoms with Crippen LogP contribution in [0.5, 0.6) is 0 Å². The van der Waals surface area contributed by atoms with Gasteiger partial charge in [-0.15, -0.1) is 0 Å². The van der Waals surface area contributed by atoms with E-state index in [-0.39, 0.29) is 12.7 Å². The van der Waals surface area contributed by atoms with Gasteiger partial charge in [-0.2, -0.15) is 0 Å². The van der Waals surface area contributed by atoms with Gasteiger partial charge in [-0.25, -0.2) is 21.9 Å². The van der Waals surface area contributed by atoms with Crippen molar-refractivity contribution in [1.82, 2.24) is 4.72 Å². The van der Waals surface area contributed by atoms with Crippen LogP contribution in [0, 0.1) is 11.6 Å². The van der Waals surface area contributed by atoms with E-state index in [1.54, 1.807) is 4.72 Å². The molecule has 2 atom stereocenters. The van der Waals surface area contributed by atoms with Gasteiger partial charge in [0.25, 0.3) is 15.9 Å². The van der Waals surface area contributed by atoms with Crippen molar-refractivity contribution in [2.45, 2.75) is 36.9 Å². The minimum absolute atomic E-state index is 0.123. The van der Waals surface area contributed by atoms with Crippen molar-refractivity contribution in [3.8, 4) is 0 Å². The first kappa shape index (κ1) is 17.8. The average molecular weight is 349 g/mol. The van der Waals surface area contributed by atoms with Crippen LogP contribution in [0.2, 0.25) is 0 Å². The van der Waals surface area contributed by atoms with Crippen molar-refractivity contribution in [3.63, 3.8) is 0 Å². The zero-order valence-electron chi connectivity index (χ0n) is 12.4. The smallest absolute Gasteiger partial charge is 0.267 e. The normalized spacial score (nSPS) is 19.5. The minimum Gasteiger partial charge on any atom is -0.376 e. The highest BCUT2D eigenvalue weighted by Crippen LogP contribution is 2.16. The van der Waals surface area contributed by atoms with E-state index in [1.165, 1.54) is 6.92 Å². The third-order valence-electron chi connectivity index (χ3n) is 3.34. The maximum atomic E-state index is 13.5. The Hall–Kier alpha value is -1.58. The first-order valence-corrected chi connectivity index (χ1v) is 8.53. The van der Waals surface area contributed by atoms with Crippen molar-refractivity contribution < 1.29 is 31.5 Å². The molecular weight excluding hydrogens is 332 g/mol. The highest BCUT2D eigenvalue weighted by atomic mass is 32.2. The first-order valence-electron chi connectivity index (χ1n) is 7.04. The Morgan fingerprint density at radius 1 is 1.48 bits per heavy atom. The quantitative estimate of drug-likeness (QED) is 0.838. The monoisotopic (exact) mass is 349 g/mol. The summed E-state index contributed by atoms with van der Waals surface area (Å²) >= 11 is 0. The van der Waals surface area contributed by atoms with Crippen LogP contribution in [-0.4, -0.2) is 39.7 Å². The Morgan fingerprint density at radius 3 is 2.87 bits per heavy atom. The topological polar surface area (TPSA) is 81.7 Å². The van der Waals surface area contributed by atoms with Crippen LogP contribution >= 0.6 is 0 Å². The lowest BCUT2D eigenvalue weighted by Crippen LogP contribution is -2.39. The predicted molar refractivity (Wildman–Crippen MR) is 76.1 cm³/mol. The molecule has 1 amide bonds. The number of ether oxygens (including phenoxy) is 2. The number of sulfonamides is 1. The van der Waals surface area contributed by atoms with Gasteiger partial charge in [0.2, 0.25) is 0 Å². The molecule has 1 N–H and O–H groups in total. The summed E-state index contributed by atoms with van der Waals surface area (Å²) in [7, 11) is -4.52. The molecule has 1 aromatic rings. The molecule has 128 valence electrons. The van der Waals surface area contributed by atoms with E-state index in [2.05, 4.69) is 0 Å². The summed E-state index contributed by atoms with van der Waals surface area (Å²) in [6.07, 6.45) is 0.510. The summed E-state index contributed by atoms with van der Waals surface area (Å²) in [6.45, 7) is 2.15. The van der Waals surface area contributed by atoms with Crippen LogP contribution in [0.25, 0.3) is 0 Å². The van der Waals surface area contributed by atoms with Gasteiger partial charge >= 0.3 is 0 Å². The molecule has 23 heavy (non-hydrogen) atoms. The number of nitrogens with one attached hydrogen (secondary N) is 1. The minimum atomic E-state index is -4.52. The molecule has 1 aliphatic rings. The van der Waals surface area contributed by atoms with Crippen LogP contribution in [0.15, 0.2) is 23.1 Å². The number of benzene rings is 1. The van der Waals surface area contributed by atoms with Gasteiger partial charge in [0.15, 0.2) is 0 Å². The third kappa shape index (κ3) is 4.69. The van der Waals surface area contributed by atoms with Gasteiger partial charge in [0, 0.05) is 6.61 Å². The fourth-order valence-electron chi connectivity index (χ4n) is 2.06. The number of carbonyl (C=O) groups is 1. The van der Waals surface area contributed by atoms with Crippen LogP contribution in [-0.2, 0) is 24.3 Å². The molecule has 0 saturated carbocycles. The second-order valence-corrected chi connectivity index (χ2v) is 6.81. The fraction of sp³-hybridized carbons (Fsp3) is 0.500. The molecule has 0 radical (unpaired) electrons. The van der Waals surface area contributed by atoms with E-state index in [0.717, 1.165) is 18.9 Å². The fourth-order valence-corrected chi connectivity index (χ4v) is 3.19. The summed E-state index contributed by atoms with van der Waals surface area (Å²) < 4.78 is 62.8. The molecule has 2 rings (SSSR count). The predicted octanol–water partition coefficient (Wildman–Crippen LogP) is 1.35. The lowest BCUT2D eigenvalue weighted by atomic mass is 10.2. The molecule has 1 aromatic carbocycles. The molecule has 0 aliphatic carbocycles. The van der Waals surface area contributed by atoms with Crippen LogP contribution in [0.3, 0.4) is 0 Å². The largest absolute Gasteiger partial charge is 0.376 e. The highest BCUT2D eigenvalue weighted by molar-refractivity contribution is 7.90. The maximum Gasteiger partial charge on any atom is 0.267 e. The van der Waals surface area contributed by atoms with Crippen molar-refractivity contribution >= 4 is 15.9 Å². The third-order valence-corrected chi connectivity index (χ3v) is 4.70. The zero-order chi connectivity index (χ0) is 17.0. The number of halogens is 2. The molecule has 1 heterocycles. The van der Waals surface area contributed by atoms with Crippen LogP contribution in [0.4, 0.5) is 8.78 Å². The molecule has 0 bridgehead atoms. The summed E-state index contributed by atoms with van der Waals surface area (Å²) in [5.74, 6) is -3.05. The van der Waals surface area contributed by atoms with Gasteiger partial charge in [0.1, 0.15) is 22.6 Å². The Labute approximate surface area is 132 Å². The van der Waals surface area contributed by atoms with Gasteiger partial charge in [-0.05, 0) is 38.0 Å². The number of hydrogen-bond donors (Lipinski definition) is 1. The number of amides is 1. The van der Waals surface area contributed by atoms with Gasteiger partial charge in [-0.1, -0.05) is 0 Å². The van der Waals surface area contributed by atoms with E-state index in [9.17, 15) is 22.0 Å². The highest BCUT2D eigenvalue weighted by Gasteiger charge is 2.26. The molecule has 1 fully saturated rings. The summed E-state index contributed by atoms with van der Waals surface area (Å²) in [5.41, 5.74) is 0. The van der Waals surface area contributed by atoms with Crippen molar-refractivity contribution in [2.24, 2.45) is 0 Å². The number of hydrogen-bond acceptors (Lipinski definition) is 5. The van der Waals surface area contributed by atoms with Crippen molar-refractivity contribution in [3.05, 3.63) is 29.8 Å². The second-order valence-electron chi connectivity index (χ2n) is 5.16. The molecule has 0 unspecified atom stereocenters. The number of rotatable bonds is 6. The molecular formula is C14H17F2NO5S. The van der Waals surface area contributed by atoms with Crippen molar-refractivity contribution in [2.75, 3.05) is 13.2 Å². The van der Waals surface area contributed by atoms with Gasteiger partial charge < -0.3 is 9.47 Å². The lowest BCUT2D eigenvalue weighted by Gasteiger charge is -2.16.